The van der Waals surface area contributed by atoms with Gasteiger partial charge in [0.1, 0.15) is 17.7 Å². The number of halogens is 1. The molecule has 1 aromatic rings. The number of amides is 1. The minimum absolute atomic E-state index is 0.231. The van der Waals surface area contributed by atoms with Crippen molar-refractivity contribution in [2.75, 3.05) is 19.7 Å². The molecule has 2 unspecified atom stereocenters. The van der Waals surface area contributed by atoms with Gasteiger partial charge in [-0.2, -0.15) is 0 Å². The van der Waals surface area contributed by atoms with E-state index in [-0.39, 0.29) is 6.54 Å². The van der Waals surface area contributed by atoms with Gasteiger partial charge < -0.3 is 19.2 Å². The molecule has 1 saturated heterocycles. The van der Waals surface area contributed by atoms with Gasteiger partial charge in [-0.3, -0.25) is 0 Å². The van der Waals surface area contributed by atoms with Crippen LogP contribution in [-0.4, -0.2) is 48.7 Å². The number of carbonyl (C=O) groups excluding carboxylic acids is 2. The van der Waals surface area contributed by atoms with Crippen molar-refractivity contribution in [2.24, 2.45) is 0 Å². The average molecular weight is 323 g/mol. The zero-order valence-electron chi connectivity index (χ0n) is 13.6. The van der Waals surface area contributed by atoms with Crippen molar-refractivity contribution in [3.05, 3.63) is 35.6 Å². The predicted octanol–water partition coefficient (Wildman–Crippen LogP) is 2.74. The maximum Gasteiger partial charge on any atom is 0.410 e. The highest BCUT2D eigenvalue weighted by Crippen LogP contribution is 2.24. The van der Waals surface area contributed by atoms with Crippen molar-refractivity contribution < 1.29 is 23.5 Å². The van der Waals surface area contributed by atoms with Crippen LogP contribution in [0.5, 0.6) is 0 Å². The third-order valence-corrected chi connectivity index (χ3v) is 3.53. The molecule has 1 aliphatic rings. The van der Waals surface area contributed by atoms with Crippen molar-refractivity contribution in [1.82, 2.24) is 4.90 Å². The van der Waals surface area contributed by atoms with Crippen LogP contribution in [-0.2, 0) is 14.3 Å². The largest absolute Gasteiger partial charge is 0.444 e. The average Bonchev–Trinajstić information content (AvgIpc) is 2.47. The summed E-state index contributed by atoms with van der Waals surface area (Å²) in [6.07, 6.45) is -0.219. The zero-order valence-corrected chi connectivity index (χ0v) is 13.6. The summed E-state index contributed by atoms with van der Waals surface area (Å²) in [7, 11) is 0. The number of rotatable bonds is 3. The van der Waals surface area contributed by atoms with Gasteiger partial charge in [-0.1, -0.05) is 12.1 Å². The summed E-state index contributed by atoms with van der Waals surface area (Å²) in [5.74, 6) is -1.04. The molecule has 1 heterocycles. The maximum absolute atomic E-state index is 13.4. The lowest BCUT2D eigenvalue weighted by Gasteiger charge is -2.36. The first kappa shape index (κ1) is 17.4. The maximum atomic E-state index is 13.4. The van der Waals surface area contributed by atoms with Crippen molar-refractivity contribution >= 4 is 12.4 Å². The highest BCUT2D eigenvalue weighted by atomic mass is 19.1. The minimum Gasteiger partial charge on any atom is -0.444 e. The molecule has 2 rings (SSSR count). The van der Waals surface area contributed by atoms with E-state index in [1.54, 1.807) is 32.9 Å². The second-order valence-electron chi connectivity index (χ2n) is 6.55. The molecule has 23 heavy (non-hydrogen) atoms. The van der Waals surface area contributed by atoms with Gasteiger partial charge in [0.25, 0.3) is 0 Å². The topological polar surface area (TPSA) is 55.8 Å². The van der Waals surface area contributed by atoms with E-state index in [0.717, 1.165) is 6.29 Å². The van der Waals surface area contributed by atoms with E-state index in [4.69, 9.17) is 9.47 Å². The molecule has 0 bridgehead atoms. The number of aldehydes is 1. The molecule has 5 nitrogen and oxygen atoms in total. The van der Waals surface area contributed by atoms with Gasteiger partial charge in [0.2, 0.25) is 0 Å². The number of benzene rings is 1. The summed E-state index contributed by atoms with van der Waals surface area (Å²) < 4.78 is 24.4. The van der Waals surface area contributed by atoms with Gasteiger partial charge in [-0.25, -0.2) is 9.18 Å². The first-order chi connectivity index (χ1) is 10.8. The van der Waals surface area contributed by atoms with Crippen molar-refractivity contribution in [3.8, 4) is 0 Å². The summed E-state index contributed by atoms with van der Waals surface area (Å²) >= 11 is 0. The lowest BCUT2D eigenvalue weighted by Crippen LogP contribution is -2.49. The zero-order chi connectivity index (χ0) is 17.0. The first-order valence-electron chi connectivity index (χ1n) is 7.60. The molecule has 1 aromatic carbocycles. The normalized spacial score (nSPS) is 20.0. The minimum atomic E-state index is -0.629. The monoisotopic (exact) mass is 323 g/mol. The number of hydrogen-bond acceptors (Lipinski definition) is 4. The standard InChI is InChI=1S/C17H22FNO4/c1-17(2,3)23-16(21)19-7-8-22-15(10-19)14(11-20)12-5-4-6-13(18)9-12/h4-6,9,11,14-15H,7-8,10H2,1-3H3. The highest BCUT2D eigenvalue weighted by molar-refractivity contribution is 5.69. The number of morpholine rings is 1. The molecule has 2 atom stereocenters. The van der Waals surface area contributed by atoms with E-state index in [2.05, 4.69) is 0 Å². The highest BCUT2D eigenvalue weighted by Gasteiger charge is 2.33. The Balaban J connectivity index is 2.10. The smallest absolute Gasteiger partial charge is 0.410 e. The molecule has 0 aliphatic carbocycles. The fourth-order valence-electron chi connectivity index (χ4n) is 2.48. The molecule has 1 amide bonds. The molecule has 1 aliphatic heterocycles. The number of ether oxygens (including phenoxy) is 2. The third-order valence-electron chi connectivity index (χ3n) is 3.53. The van der Waals surface area contributed by atoms with Crippen molar-refractivity contribution in [2.45, 2.75) is 38.4 Å². The SMILES string of the molecule is CC(C)(C)OC(=O)N1CCOC(C(C=O)c2cccc(F)c2)C1. The Bertz CT molecular complexity index is 570. The van der Waals surface area contributed by atoms with Gasteiger partial charge in [0.05, 0.1) is 25.2 Å². The fourth-order valence-corrected chi connectivity index (χ4v) is 2.48. The molecule has 0 saturated carbocycles. The quantitative estimate of drug-likeness (QED) is 0.803. The summed E-state index contributed by atoms with van der Waals surface area (Å²) in [6.45, 7) is 6.33. The lowest BCUT2D eigenvalue weighted by molar-refractivity contribution is -0.115. The van der Waals surface area contributed by atoms with Gasteiger partial charge in [0.15, 0.2) is 0 Å². The summed E-state index contributed by atoms with van der Waals surface area (Å²) in [5.41, 5.74) is -0.0478. The molecule has 0 spiro atoms. The Labute approximate surface area is 135 Å². The first-order valence-corrected chi connectivity index (χ1v) is 7.60. The molecule has 0 radical (unpaired) electrons. The van der Waals surface area contributed by atoms with Crippen LogP contribution in [0, 0.1) is 5.82 Å². The molecule has 6 heteroatoms. The van der Waals surface area contributed by atoms with Crippen LogP contribution in [0.4, 0.5) is 9.18 Å². The molecule has 0 aromatic heterocycles. The van der Waals surface area contributed by atoms with Crippen LogP contribution in [0.15, 0.2) is 24.3 Å². The Morgan fingerprint density at radius 2 is 2.22 bits per heavy atom. The van der Waals surface area contributed by atoms with E-state index in [9.17, 15) is 14.0 Å². The Kier molecular flexibility index (Phi) is 5.36. The van der Waals surface area contributed by atoms with E-state index < -0.39 is 29.5 Å². The Morgan fingerprint density at radius 1 is 1.48 bits per heavy atom. The number of nitrogens with zero attached hydrogens (tertiary/aromatic N) is 1. The summed E-state index contributed by atoms with van der Waals surface area (Å²) in [5, 5.41) is 0. The molecular formula is C17H22FNO4. The van der Waals surface area contributed by atoms with Crippen LogP contribution < -0.4 is 0 Å². The van der Waals surface area contributed by atoms with Crippen molar-refractivity contribution in [3.63, 3.8) is 0 Å². The summed E-state index contributed by atoms with van der Waals surface area (Å²) in [4.78, 5) is 25.2. The van der Waals surface area contributed by atoms with E-state index in [0.29, 0.717) is 18.7 Å². The Hall–Kier alpha value is -1.95. The lowest BCUT2D eigenvalue weighted by atomic mass is 9.93. The van der Waals surface area contributed by atoms with Gasteiger partial charge in [-0.15, -0.1) is 0 Å². The Morgan fingerprint density at radius 3 is 2.83 bits per heavy atom. The van der Waals surface area contributed by atoms with Crippen LogP contribution in [0.2, 0.25) is 0 Å². The second-order valence-corrected chi connectivity index (χ2v) is 6.55. The fraction of sp³-hybridized carbons (Fsp3) is 0.529. The van der Waals surface area contributed by atoms with Crippen LogP contribution in [0.3, 0.4) is 0 Å². The third kappa shape index (κ3) is 4.76. The van der Waals surface area contributed by atoms with E-state index in [1.165, 1.54) is 17.0 Å². The predicted molar refractivity (Wildman–Crippen MR) is 82.8 cm³/mol. The van der Waals surface area contributed by atoms with Crippen LogP contribution >= 0.6 is 0 Å². The number of hydrogen-bond donors (Lipinski definition) is 0. The molecule has 126 valence electrons. The van der Waals surface area contributed by atoms with Crippen molar-refractivity contribution in [1.29, 1.82) is 0 Å². The summed E-state index contributed by atoms with van der Waals surface area (Å²) in [6, 6.07) is 5.86. The van der Waals surface area contributed by atoms with Gasteiger partial charge in [-0.05, 0) is 38.5 Å². The van der Waals surface area contributed by atoms with Gasteiger partial charge in [0, 0.05) is 6.54 Å². The second kappa shape index (κ2) is 7.08. The van der Waals surface area contributed by atoms with Crippen LogP contribution in [0.1, 0.15) is 32.3 Å². The van der Waals surface area contributed by atoms with Crippen LogP contribution in [0.25, 0.3) is 0 Å². The van der Waals surface area contributed by atoms with Gasteiger partial charge >= 0.3 is 6.09 Å². The molecule has 0 N–H and O–H groups in total. The molecule has 1 fully saturated rings. The van der Waals surface area contributed by atoms with E-state index in [1.807, 2.05) is 0 Å². The molecular weight excluding hydrogens is 301 g/mol. The van der Waals surface area contributed by atoms with E-state index >= 15 is 0 Å². The number of carbonyl (C=O) groups is 2.